The molecule has 0 amide bonds. The summed E-state index contributed by atoms with van der Waals surface area (Å²) in [4.78, 5) is 0. The molecule has 0 radical (unpaired) electrons. The van der Waals surface area contributed by atoms with Crippen LogP contribution in [0.25, 0.3) is 0 Å². The minimum absolute atomic E-state index is 0.262. The van der Waals surface area contributed by atoms with Gasteiger partial charge < -0.3 is 4.74 Å². The van der Waals surface area contributed by atoms with Crippen LogP contribution in [-0.2, 0) is 0 Å². The van der Waals surface area contributed by atoms with Crippen LogP contribution in [0.2, 0.25) is 20.1 Å². The Kier molecular flexibility index (Phi) is 6.60. The lowest BCUT2D eigenvalue weighted by molar-refractivity contribution is 0.310. The molecule has 6 heteroatoms. The summed E-state index contributed by atoms with van der Waals surface area (Å²) in [5, 5.41) is 2.17. The molecule has 1 nitrogen and oxygen atoms in total. The molecule has 0 fully saturated rings. The van der Waals surface area contributed by atoms with Gasteiger partial charge in [-0.25, -0.2) is 0 Å². The largest absolute Gasteiger partial charge is 0.490 e. The van der Waals surface area contributed by atoms with Crippen LogP contribution in [-0.4, -0.2) is 11.9 Å². The zero-order valence-electron chi connectivity index (χ0n) is 8.20. The molecular formula is C10H9BrCl4O. The van der Waals surface area contributed by atoms with Gasteiger partial charge in [0.1, 0.15) is 5.02 Å². The molecule has 0 atom stereocenters. The van der Waals surface area contributed by atoms with Gasteiger partial charge >= 0.3 is 0 Å². The van der Waals surface area contributed by atoms with Gasteiger partial charge in [-0.3, -0.25) is 0 Å². The smallest absolute Gasteiger partial charge is 0.158 e. The molecule has 16 heavy (non-hydrogen) atoms. The highest BCUT2D eigenvalue weighted by Crippen LogP contribution is 2.42. The van der Waals surface area contributed by atoms with Crippen LogP contribution in [0.5, 0.6) is 5.75 Å². The van der Waals surface area contributed by atoms with Crippen molar-refractivity contribution in [2.75, 3.05) is 11.9 Å². The first-order valence-corrected chi connectivity index (χ1v) is 7.23. The predicted molar refractivity (Wildman–Crippen MR) is 75.0 cm³/mol. The summed E-state index contributed by atoms with van der Waals surface area (Å²) in [5.41, 5.74) is 0. The molecule has 0 aliphatic rings. The normalized spacial score (nSPS) is 10.6. The first kappa shape index (κ1) is 14.7. The quantitative estimate of drug-likeness (QED) is 0.275. The van der Waals surface area contributed by atoms with Gasteiger partial charge in [-0.1, -0.05) is 62.3 Å². The van der Waals surface area contributed by atoms with E-state index in [0.717, 1.165) is 18.2 Å². The summed E-state index contributed by atoms with van der Waals surface area (Å²) in [6, 6.07) is 1.52. The van der Waals surface area contributed by atoms with Crippen molar-refractivity contribution in [3.8, 4) is 5.75 Å². The molecule has 0 saturated heterocycles. The fourth-order valence-electron chi connectivity index (χ4n) is 1.05. The molecule has 0 saturated carbocycles. The van der Waals surface area contributed by atoms with Gasteiger partial charge in [0, 0.05) is 5.33 Å². The number of alkyl halides is 1. The van der Waals surface area contributed by atoms with E-state index in [-0.39, 0.29) is 10.0 Å². The van der Waals surface area contributed by atoms with Crippen molar-refractivity contribution in [1.82, 2.24) is 0 Å². The van der Waals surface area contributed by atoms with Crippen molar-refractivity contribution in [1.29, 1.82) is 0 Å². The highest BCUT2D eigenvalue weighted by molar-refractivity contribution is 9.09. The molecule has 0 spiro atoms. The monoisotopic (exact) mass is 364 g/mol. The summed E-state index contributed by atoms with van der Waals surface area (Å²) in [5.74, 6) is 0.396. The lowest BCUT2D eigenvalue weighted by atomic mass is 10.3. The number of hydrogen-bond acceptors (Lipinski definition) is 1. The van der Waals surface area contributed by atoms with Gasteiger partial charge in [0.25, 0.3) is 0 Å². The van der Waals surface area contributed by atoms with Crippen LogP contribution in [0.1, 0.15) is 12.8 Å². The van der Waals surface area contributed by atoms with Crippen molar-refractivity contribution >= 4 is 62.3 Å². The van der Waals surface area contributed by atoms with Gasteiger partial charge in [-0.2, -0.15) is 0 Å². The summed E-state index contributed by atoms with van der Waals surface area (Å²) >= 11 is 27.0. The Labute approximate surface area is 123 Å². The topological polar surface area (TPSA) is 9.23 Å². The molecular weight excluding hydrogens is 358 g/mol. The Hall–Kier alpha value is 0.660. The van der Waals surface area contributed by atoms with Crippen LogP contribution >= 0.6 is 62.3 Å². The van der Waals surface area contributed by atoms with Gasteiger partial charge in [-0.15, -0.1) is 0 Å². The Bertz CT molecular complexity index is 370. The van der Waals surface area contributed by atoms with E-state index in [4.69, 9.17) is 51.1 Å². The predicted octanol–water partition coefficient (Wildman–Crippen LogP) is 5.85. The summed E-state index contributed by atoms with van der Waals surface area (Å²) in [6.45, 7) is 0.545. The van der Waals surface area contributed by atoms with E-state index in [1.54, 1.807) is 0 Å². The second-order valence-electron chi connectivity index (χ2n) is 3.04. The summed E-state index contributed by atoms with van der Waals surface area (Å²) in [6.07, 6.45) is 1.94. The number of rotatable bonds is 5. The zero-order chi connectivity index (χ0) is 12.1. The van der Waals surface area contributed by atoms with Crippen molar-refractivity contribution in [2.24, 2.45) is 0 Å². The molecule has 1 rings (SSSR count). The first-order chi connectivity index (χ1) is 7.57. The maximum atomic E-state index is 5.98. The van der Waals surface area contributed by atoms with E-state index in [0.29, 0.717) is 22.4 Å². The van der Waals surface area contributed by atoms with E-state index >= 15 is 0 Å². The lowest BCUT2D eigenvalue weighted by Crippen LogP contribution is -1.99. The van der Waals surface area contributed by atoms with Gasteiger partial charge in [0.05, 0.1) is 21.7 Å². The van der Waals surface area contributed by atoms with Crippen LogP contribution in [0.4, 0.5) is 0 Å². The number of hydrogen-bond donors (Lipinski definition) is 0. The Morgan fingerprint density at radius 2 is 1.69 bits per heavy atom. The van der Waals surface area contributed by atoms with Crippen LogP contribution in [0.3, 0.4) is 0 Å². The van der Waals surface area contributed by atoms with E-state index in [9.17, 15) is 0 Å². The van der Waals surface area contributed by atoms with E-state index < -0.39 is 0 Å². The van der Waals surface area contributed by atoms with E-state index in [2.05, 4.69) is 15.9 Å². The molecule has 0 aliphatic heterocycles. The van der Waals surface area contributed by atoms with Gasteiger partial charge in [-0.05, 0) is 18.9 Å². The van der Waals surface area contributed by atoms with Gasteiger partial charge in [0.2, 0.25) is 0 Å². The van der Waals surface area contributed by atoms with Crippen LogP contribution < -0.4 is 4.74 Å². The Balaban J connectivity index is 2.76. The summed E-state index contributed by atoms with van der Waals surface area (Å²) < 4.78 is 5.48. The highest BCUT2D eigenvalue weighted by atomic mass is 79.9. The Morgan fingerprint density at radius 3 is 2.31 bits per heavy atom. The second kappa shape index (κ2) is 7.17. The molecule has 1 aromatic carbocycles. The average molecular weight is 367 g/mol. The highest BCUT2D eigenvalue weighted by Gasteiger charge is 2.14. The minimum Gasteiger partial charge on any atom is -0.490 e. The van der Waals surface area contributed by atoms with Crippen molar-refractivity contribution in [3.05, 3.63) is 26.2 Å². The van der Waals surface area contributed by atoms with Crippen LogP contribution in [0, 0.1) is 0 Å². The summed E-state index contributed by atoms with van der Waals surface area (Å²) in [7, 11) is 0. The van der Waals surface area contributed by atoms with Crippen molar-refractivity contribution in [2.45, 2.75) is 12.8 Å². The molecule has 0 bridgehead atoms. The van der Waals surface area contributed by atoms with Crippen LogP contribution in [0.15, 0.2) is 6.07 Å². The third kappa shape index (κ3) is 3.85. The molecule has 0 unspecified atom stereocenters. The fourth-order valence-corrected chi connectivity index (χ4v) is 2.46. The standard InChI is InChI=1S/C10H9BrCl4O/c11-3-1-2-4-16-10-7(13)5-6(12)8(14)9(10)15/h5H,1-4H2. The van der Waals surface area contributed by atoms with Gasteiger partial charge in [0.15, 0.2) is 5.75 Å². The van der Waals surface area contributed by atoms with Crippen molar-refractivity contribution in [3.63, 3.8) is 0 Å². The lowest BCUT2D eigenvalue weighted by Gasteiger charge is -2.11. The maximum Gasteiger partial charge on any atom is 0.158 e. The SMILES string of the molecule is Clc1cc(Cl)c(OCCCCBr)c(Cl)c1Cl. The molecule has 0 N–H and O–H groups in total. The number of ether oxygens (including phenoxy) is 1. The number of halogens is 5. The molecule has 90 valence electrons. The third-order valence-corrected chi connectivity index (χ3v) is 3.93. The molecule has 1 aromatic rings. The maximum absolute atomic E-state index is 5.98. The van der Waals surface area contributed by atoms with E-state index in [1.165, 1.54) is 6.07 Å². The number of unbranched alkanes of at least 4 members (excludes halogenated alkanes) is 1. The Morgan fingerprint density at radius 1 is 1.00 bits per heavy atom. The first-order valence-electron chi connectivity index (χ1n) is 4.59. The minimum atomic E-state index is 0.262. The second-order valence-corrected chi connectivity index (χ2v) is 5.41. The third-order valence-electron chi connectivity index (χ3n) is 1.85. The molecule has 0 heterocycles. The molecule has 0 aliphatic carbocycles. The van der Waals surface area contributed by atoms with Crippen molar-refractivity contribution < 1.29 is 4.74 Å². The number of benzene rings is 1. The zero-order valence-corrected chi connectivity index (χ0v) is 12.8. The average Bonchev–Trinajstić information content (AvgIpc) is 2.25. The fraction of sp³-hybridized carbons (Fsp3) is 0.400. The molecule has 0 aromatic heterocycles. The van der Waals surface area contributed by atoms with E-state index in [1.807, 2.05) is 0 Å².